The molecule has 44 heteroatoms. The SMILES string of the molecule is CCCCCCCC/C=C\CCCCCCCCCCCCCCCC(=O)N[C@@H](CO[C@@H]1OC(CO)[C@@H](O[C@@H]2OC(CO)[C@H](O[C@@H]3OC(CO)[C@H](O)[C@H](O[C@H]4OC(CO)[C@H](O)[C@H](O[C@H]5OC(CO)[C@H](O)[C@H](O[C@H]6OC(CO)[C@H](O)[C@H](O[C@H]7OC(CO)[C@H](O)[C@H](O[C@H]8OC(CO)[C@H](O)[C@H](O)C8O)C7O)C6O)C5O)C4O)C3O)[C@H](O)C2O)[C@H](O)C1O)[C@H](O)/C=C/CCCCCCCCCCCCC. The van der Waals surface area contributed by atoms with Crippen molar-refractivity contribution in [2.24, 2.45) is 0 Å². The van der Waals surface area contributed by atoms with E-state index in [2.05, 4.69) is 31.3 Å². The van der Waals surface area contributed by atoms with Gasteiger partial charge in [0, 0.05) is 6.42 Å². The fraction of sp³-hybridized carbons (Fsp3) is 0.946. The molecule has 8 fully saturated rings. The largest absolute Gasteiger partial charge is 0.394 e. The van der Waals surface area contributed by atoms with Crippen LogP contribution in [0.5, 0.6) is 0 Å². The Hall–Kier alpha value is -2.73. The highest BCUT2D eigenvalue weighted by molar-refractivity contribution is 5.76. The van der Waals surface area contributed by atoms with Gasteiger partial charge in [-0.2, -0.15) is 0 Å². The molecular formula is C92H165NO43. The van der Waals surface area contributed by atoms with Gasteiger partial charge < -0.3 is 214 Å². The van der Waals surface area contributed by atoms with Crippen LogP contribution in [0.4, 0.5) is 0 Å². The lowest BCUT2D eigenvalue weighted by Crippen LogP contribution is -2.69. The molecule has 8 rings (SSSR count). The van der Waals surface area contributed by atoms with Gasteiger partial charge in [0.1, 0.15) is 195 Å². The van der Waals surface area contributed by atoms with E-state index in [1.54, 1.807) is 6.08 Å². The van der Waals surface area contributed by atoms with Crippen molar-refractivity contribution in [2.45, 2.75) is 490 Å². The molecule has 8 saturated heterocycles. The van der Waals surface area contributed by atoms with Crippen LogP contribution >= 0.6 is 0 Å². The predicted octanol–water partition coefficient (Wildman–Crippen LogP) is -4.17. The van der Waals surface area contributed by atoms with Crippen molar-refractivity contribution in [3.63, 3.8) is 0 Å². The first-order valence-corrected chi connectivity index (χ1v) is 49.7. The molecule has 0 spiro atoms. The molecule has 8 heterocycles. The van der Waals surface area contributed by atoms with Gasteiger partial charge in [-0.1, -0.05) is 205 Å². The lowest BCUT2D eigenvalue weighted by atomic mass is 9.95. The van der Waals surface area contributed by atoms with Crippen LogP contribution in [0.1, 0.15) is 232 Å². The highest BCUT2D eigenvalue weighted by Crippen LogP contribution is 2.40. The lowest BCUT2D eigenvalue weighted by Gasteiger charge is -2.50. The molecule has 0 aromatic rings. The summed E-state index contributed by atoms with van der Waals surface area (Å²) in [5.41, 5.74) is 0. The summed E-state index contributed by atoms with van der Waals surface area (Å²) >= 11 is 0. The van der Waals surface area contributed by atoms with Crippen LogP contribution in [-0.4, -0.2) is 456 Å². The zero-order valence-electron chi connectivity index (χ0n) is 78.5. The molecule has 0 aliphatic carbocycles. The maximum atomic E-state index is 13.6. The molecular weight excluding hydrogens is 1810 g/mol. The number of carbonyl (C=O) groups excluding carboxylic acids is 1. The summed E-state index contributed by atoms with van der Waals surface area (Å²) in [6.45, 7) is -4.48. The fourth-order valence-electron chi connectivity index (χ4n) is 18.4. The van der Waals surface area contributed by atoms with Crippen LogP contribution in [-0.2, 0) is 80.6 Å². The molecule has 0 bridgehead atoms. The molecule has 0 aromatic carbocycles. The number of aliphatic hydroxyl groups excluding tert-OH is 26. The first-order chi connectivity index (χ1) is 65.5. The molecule has 796 valence electrons. The van der Waals surface area contributed by atoms with Gasteiger partial charge in [0.2, 0.25) is 5.91 Å². The van der Waals surface area contributed by atoms with E-state index >= 15 is 0 Å². The molecule has 42 atom stereocenters. The average molecular weight is 1970 g/mol. The van der Waals surface area contributed by atoms with E-state index < -0.39 is 317 Å². The Kier molecular flexibility index (Phi) is 54.9. The van der Waals surface area contributed by atoms with Crippen molar-refractivity contribution in [1.29, 1.82) is 0 Å². The quantitative estimate of drug-likeness (QED) is 0.0203. The van der Waals surface area contributed by atoms with Gasteiger partial charge in [-0.15, -0.1) is 0 Å². The monoisotopic (exact) mass is 1970 g/mol. The summed E-state index contributed by atoms with van der Waals surface area (Å²) in [6.07, 6.45) is -37.1. The van der Waals surface area contributed by atoms with E-state index in [9.17, 15) is 138 Å². The number of amides is 1. The smallest absolute Gasteiger partial charge is 0.220 e. The molecule has 0 saturated carbocycles. The van der Waals surface area contributed by atoms with E-state index in [0.717, 1.165) is 51.4 Å². The summed E-state index contributed by atoms with van der Waals surface area (Å²) < 4.78 is 92.4. The van der Waals surface area contributed by atoms with Crippen LogP contribution in [0.3, 0.4) is 0 Å². The highest BCUT2D eigenvalue weighted by atomic mass is 16.8. The van der Waals surface area contributed by atoms with E-state index in [0.29, 0.717) is 12.8 Å². The molecule has 27 N–H and O–H groups in total. The minimum atomic E-state index is -2.39. The van der Waals surface area contributed by atoms with Crippen molar-refractivity contribution in [3.8, 4) is 0 Å². The second-order valence-electron chi connectivity index (χ2n) is 37.3. The Balaban J connectivity index is 0.841. The van der Waals surface area contributed by atoms with Crippen molar-refractivity contribution in [1.82, 2.24) is 5.32 Å². The van der Waals surface area contributed by atoms with E-state index in [1.807, 2.05) is 6.08 Å². The molecule has 0 aromatic heterocycles. The molecule has 0 radical (unpaired) electrons. The van der Waals surface area contributed by atoms with Crippen molar-refractivity contribution < 1.29 is 213 Å². The number of aliphatic hydroxyl groups is 26. The van der Waals surface area contributed by atoms with Crippen molar-refractivity contribution >= 4 is 5.91 Å². The number of ether oxygens (including phenoxy) is 16. The van der Waals surface area contributed by atoms with Gasteiger partial charge in [-0.3, -0.25) is 4.79 Å². The predicted molar refractivity (Wildman–Crippen MR) is 473 cm³/mol. The van der Waals surface area contributed by atoms with Gasteiger partial charge in [-0.25, -0.2) is 0 Å². The molecule has 8 aliphatic rings. The molecule has 44 nitrogen and oxygen atoms in total. The second-order valence-corrected chi connectivity index (χ2v) is 37.3. The number of rotatable bonds is 63. The fourth-order valence-corrected chi connectivity index (χ4v) is 18.4. The third kappa shape index (κ3) is 34.5. The van der Waals surface area contributed by atoms with Gasteiger partial charge in [-0.05, 0) is 44.9 Å². The first-order valence-electron chi connectivity index (χ1n) is 49.7. The van der Waals surface area contributed by atoms with Crippen LogP contribution in [0, 0.1) is 0 Å². The Morgan fingerprint density at radius 2 is 0.485 bits per heavy atom. The maximum Gasteiger partial charge on any atom is 0.220 e. The number of unbranched alkanes of at least 4 members (excludes halogenated alkanes) is 30. The van der Waals surface area contributed by atoms with Gasteiger partial charge in [0.25, 0.3) is 0 Å². The zero-order valence-corrected chi connectivity index (χ0v) is 78.5. The topological polar surface area (TPSA) is 703 Å². The van der Waals surface area contributed by atoms with Crippen LogP contribution < -0.4 is 5.32 Å². The van der Waals surface area contributed by atoms with E-state index in [1.165, 1.54) is 148 Å². The standard InChI is InChI=1S/C92H165NO43/c1-3-5-7-9-11-13-15-17-18-19-20-21-22-23-24-25-26-28-30-32-34-36-38-40-60(103)93-50(51(102)39-37-35-33-31-29-27-16-14-12-10-8-6-4-2)49-121-85-71(114)68(111)78(58(47-100)128-85)130-87-72(115)69(112)79(59(48-101)129-87)131-88-73(116)81(63(106)53(42-95)123-88)133-90-75(118)83(65(108)55(44-97)125-90)135-92-77(120)84(66(109)57(46-99)127-92)136-91-76(119)82(64(107)56(45-98)126-91)134-89-74(117)80(62(105)54(43-96)124-89)132-86-70(113)67(110)61(104)52(41-94)122-86/h17-18,37,39,50-59,61-92,94-102,104-120H,3-16,19-36,38,40-49H2,1-2H3,(H,93,103)/b18-17-,39-37+/t50-,51+,52?,53?,54?,55?,56?,57?,58?,59?,61-,62-,63-,64-,65-,66-,67-,68+,69+,70?,71?,72?,73?,74?,75?,76?,77?,78+,79-,80-,81-,82-,83-,84-,85+,86+,87-,88-,89+,90+,91+,92+/m0/s1. The minimum Gasteiger partial charge on any atom is -0.394 e. The molecule has 16 unspecified atom stereocenters. The normalized spacial score (nSPS) is 39.8. The van der Waals surface area contributed by atoms with Crippen molar-refractivity contribution in [2.75, 3.05) is 59.5 Å². The minimum absolute atomic E-state index is 0.161. The zero-order chi connectivity index (χ0) is 99.1. The summed E-state index contributed by atoms with van der Waals surface area (Å²) in [4.78, 5) is 13.6. The average Bonchev–Trinajstić information content (AvgIpc) is 0.769. The van der Waals surface area contributed by atoms with Gasteiger partial charge in [0.05, 0.1) is 71.6 Å². The third-order valence-electron chi connectivity index (χ3n) is 26.8. The Bertz CT molecular complexity index is 3210. The van der Waals surface area contributed by atoms with Gasteiger partial charge in [0.15, 0.2) is 50.3 Å². The molecule has 136 heavy (non-hydrogen) atoms. The number of carbonyl (C=O) groups is 1. The van der Waals surface area contributed by atoms with Crippen LogP contribution in [0.15, 0.2) is 24.3 Å². The summed E-state index contributed by atoms with van der Waals surface area (Å²) in [6, 6.07) is -1.09. The number of hydrogen-bond donors (Lipinski definition) is 27. The molecule has 1 amide bonds. The highest BCUT2D eigenvalue weighted by Gasteiger charge is 2.60. The van der Waals surface area contributed by atoms with E-state index in [-0.39, 0.29) is 12.3 Å². The summed E-state index contributed by atoms with van der Waals surface area (Å²) in [5, 5.41) is 293. The van der Waals surface area contributed by atoms with E-state index in [4.69, 9.17) is 75.8 Å². The van der Waals surface area contributed by atoms with Crippen LogP contribution in [0.2, 0.25) is 0 Å². The Labute approximate surface area is 795 Å². The second kappa shape index (κ2) is 63.0. The number of nitrogens with one attached hydrogen (secondary N) is 1. The Morgan fingerprint density at radius 3 is 0.779 bits per heavy atom. The third-order valence-corrected chi connectivity index (χ3v) is 26.8. The summed E-state index contributed by atoms with van der Waals surface area (Å²) in [5.74, 6) is -0.354. The van der Waals surface area contributed by atoms with Crippen LogP contribution in [0.25, 0.3) is 0 Å². The van der Waals surface area contributed by atoms with Crippen molar-refractivity contribution in [3.05, 3.63) is 24.3 Å². The molecule has 8 aliphatic heterocycles. The Morgan fingerprint density at radius 1 is 0.257 bits per heavy atom. The summed E-state index contributed by atoms with van der Waals surface area (Å²) in [7, 11) is 0. The number of allylic oxidation sites excluding steroid dienone is 3. The van der Waals surface area contributed by atoms with Gasteiger partial charge >= 0.3 is 0 Å². The first kappa shape index (κ1) is 119. The number of hydrogen-bond acceptors (Lipinski definition) is 43. The lowest BCUT2D eigenvalue weighted by molar-refractivity contribution is -0.401. The maximum absolute atomic E-state index is 13.6.